The molecule has 2 heterocycles. The van der Waals surface area contributed by atoms with Gasteiger partial charge in [-0.3, -0.25) is 4.79 Å². The predicted molar refractivity (Wildman–Crippen MR) is 104 cm³/mol. The van der Waals surface area contributed by atoms with Gasteiger partial charge in [0.2, 0.25) is 0 Å². The molecule has 0 radical (unpaired) electrons. The van der Waals surface area contributed by atoms with Crippen molar-refractivity contribution < 1.29 is 9.53 Å². The summed E-state index contributed by atoms with van der Waals surface area (Å²) in [5, 5.41) is 0. The van der Waals surface area contributed by atoms with Crippen molar-refractivity contribution in [3.8, 4) is 5.75 Å². The minimum atomic E-state index is 0.105. The number of hydrogen-bond acceptors (Lipinski definition) is 3. The summed E-state index contributed by atoms with van der Waals surface area (Å²) in [5.41, 5.74) is 1.92. The standard InChI is InChI=1S/C19H24BrN3O2/c1-14(2)23-13-15(20)12-18(23)19(24)22-10-8-21(9-11-22)16-4-6-17(25-3)7-5-16/h4-7,12-14H,8-11H2,1-3H3. The molecule has 1 fully saturated rings. The highest BCUT2D eigenvalue weighted by Crippen LogP contribution is 2.23. The first-order valence-electron chi connectivity index (χ1n) is 8.55. The Bertz CT molecular complexity index is 732. The van der Waals surface area contributed by atoms with Crippen molar-refractivity contribution in [2.24, 2.45) is 0 Å². The van der Waals surface area contributed by atoms with Crippen LogP contribution < -0.4 is 9.64 Å². The Morgan fingerprint density at radius 3 is 2.32 bits per heavy atom. The van der Waals surface area contributed by atoms with Gasteiger partial charge in [0.15, 0.2) is 0 Å². The molecule has 25 heavy (non-hydrogen) atoms. The van der Waals surface area contributed by atoms with Gasteiger partial charge < -0.3 is 19.1 Å². The lowest BCUT2D eigenvalue weighted by atomic mass is 10.2. The topological polar surface area (TPSA) is 37.7 Å². The molecule has 134 valence electrons. The Balaban J connectivity index is 1.66. The maximum atomic E-state index is 12.9. The molecule has 1 aliphatic heterocycles. The first kappa shape index (κ1) is 17.9. The normalized spacial score (nSPS) is 14.9. The molecular formula is C19H24BrN3O2. The van der Waals surface area contributed by atoms with E-state index in [9.17, 15) is 4.79 Å². The van der Waals surface area contributed by atoms with Gasteiger partial charge in [-0.1, -0.05) is 0 Å². The summed E-state index contributed by atoms with van der Waals surface area (Å²) in [7, 11) is 1.67. The van der Waals surface area contributed by atoms with Crippen molar-refractivity contribution in [2.45, 2.75) is 19.9 Å². The molecule has 0 atom stereocenters. The van der Waals surface area contributed by atoms with E-state index < -0.39 is 0 Å². The van der Waals surface area contributed by atoms with Crippen LogP contribution in [0.4, 0.5) is 5.69 Å². The second-order valence-corrected chi connectivity index (χ2v) is 7.44. The molecule has 2 aromatic rings. The van der Waals surface area contributed by atoms with Crippen molar-refractivity contribution >= 4 is 27.5 Å². The molecule has 1 amide bonds. The Kier molecular flexibility index (Phi) is 5.37. The minimum absolute atomic E-state index is 0.105. The van der Waals surface area contributed by atoms with Crippen molar-refractivity contribution in [3.05, 3.63) is 46.7 Å². The summed E-state index contributed by atoms with van der Waals surface area (Å²) in [4.78, 5) is 17.2. The van der Waals surface area contributed by atoms with Crippen LogP contribution in [0.25, 0.3) is 0 Å². The molecule has 6 heteroatoms. The molecular weight excluding hydrogens is 382 g/mol. The number of amides is 1. The van der Waals surface area contributed by atoms with Crippen LogP contribution in [-0.4, -0.2) is 48.7 Å². The van der Waals surface area contributed by atoms with E-state index in [2.05, 4.69) is 46.8 Å². The number of anilines is 1. The molecule has 0 bridgehead atoms. The molecule has 1 saturated heterocycles. The summed E-state index contributed by atoms with van der Waals surface area (Å²) in [6, 6.07) is 10.2. The van der Waals surface area contributed by atoms with Crippen LogP contribution in [-0.2, 0) is 0 Å². The number of aromatic nitrogens is 1. The average molecular weight is 406 g/mol. The van der Waals surface area contributed by atoms with E-state index in [0.29, 0.717) is 0 Å². The molecule has 0 N–H and O–H groups in total. The number of hydrogen-bond donors (Lipinski definition) is 0. The zero-order chi connectivity index (χ0) is 18.0. The first-order chi connectivity index (χ1) is 12.0. The summed E-state index contributed by atoms with van der Waals surface area (Å²) in [6.07, 6.45) is 1.98. The van der Waals surface area contributed by atoms with Gasteiger partial charge in [0, 0.05) is 48.6 Å². The van der Waals surface area contributed by atoms with Crippen molar-refractivity contribution in [2.75, 3.05) is 38.2 Å². The minimum Gasteiger partial charge on any atom is -0.497 e. The maximum Gasteiger partial charge on any atom is 0.270 e. The Morgan fingerprint density at radius 1 is 1.12 bits per heavy atom. The zero-order valence-electron chi connectivity index (χ0n) is 14.9. The van der Waals surface area contributed by atoms with Crippen LogP contribution in [0.5, 0.6) is 5.75 Å². The lowest BCUT2D eigenvalue weighted by Gasteiger charge is -2.36. The van der Waals surface area contributed by atoms with Crippen LogP contribution in [0.15, 0.2) is 41.0 Å². The van der Waals surface area contributed by atoms with Crippen LogP contribution >= 0.6 is 15.9 Å². The highest BCUT2D eigenvalue weighted by Gasteiger charge is 2.25. The Morgan fingerprint density at radius 2 is 1.76 bits per heavy atom. The van der Waals surface area contributed by atoms with Gasteiger partial charge in [-0.05, 0) is 60.1 Å². The lowest BCUT2D eigenvalue weighted by Crippen LogP contribution is -2.49. The number of nitrogens with zero attached hydrogens (tertiary/aromatic N) is 3. The second-order valence-electron chi connectivity index (χ2n) is 6.52. The quantitative estimate of drug-likeness (QED) is 0.775. The fraction of sp³-hybridized carbons (Fsp3) is 0.421. The number of piperazine rings is 1. The average Bonchev–Trinajstić information content (AvgIpc) is 3.03. The highest BCUT2D eigenvalue weighted by atomic mass is 79.9. The first-order valence-corrected chi connectivity index (χ1v) is 9.34. The summed E-state index contributed by atoms with van der Waals surface area (Å²) in [6.45, 7) is 7.30. The molecule has 1 aromatic carbocycles. The molecule has 5 nitrogen and oxygen atoms in total. The monoisotopic (exact) mass is 405 g/mol. The van der Waals surface area contributed by atoms with E-state index in [1.807, 2.05) is 33.9 Å². The highest BCUT2D eigenvalue weighted by molar-refractivity contribution is 9.10. The molecule has 3 rings (SSSR count). The molecule has 1 aromatic heterocycles. The van der Waals surface area contributed by atoms with Crippen LogP contribution in [0, 0.1) is 0 Å². The summed E-state index contributed by atoms with van der Waals surface area (Å²) < 4.78 is 8.18. The molecule has 1 aliphatic rings. The molecule has 0 saturated carbocycles. The fourth-order valence-electron chi connectivity index (χ4n) is 3.17. The second kappa shape index (κ2) is 7.52. The van der Waals surface area contributed by atoms with Crippen molar-refractivity contribution in [1.29, 1.82) is 0 Å². The van der Waals surface area contributed by atoms with Crippen LogP contribution in [0.3, 0.4) is 0 Å². The van der Waals surface area contributed by atoms with Gasteiger partial charge in [-0.25, -0.2) is 0 Å². The largest absolute Gasteiger partial charge is 0.497 e. The molecule has 0 unspecified atom stereocenters. The summed E-state index contributed by atoms with van der Waals surface area (Å²) in [5.74, 6) is 0.964. The van der Waals surface area contributed by atoms with E-state index in [1.54, 1.807) is 7.11 Å². The van der Waals surface area contributed by atoms with Crippen molar-refractivity contribution in [3.63, 3.8) is 0 Å². The van der Waals surface area contributed by atoms with Crippen LogP contribution in [0.2, 0.25) is 0 Å². The molecule has 0 spiro atoms. The number of rotatable bonds is 4. The number of ether oxygens (including phenoxy) is 1. The fourth-order valence-corrected chi connectivity index (χ4v) is 3.60. The number of carbonyl (C=O) groups is 1. The van der Waals surface area contributed by atoms with E-state index >= 15 is 0 Å². The predicted octanol–water partition coefficient (Wildman–Crippen LogP) is 3.80. The van der Waals surface area contributed by atoms with Gasteiger partial charge in [0.25, 0.3) is 5.91 Å². The van der Waals surface area contributed by atoms with Gasteiger partial charge in [-0.2, -0.15) is 0 Å². The summed E-state index contributed by atoms with van der Waals surface area (Å²) >= 11 is 3.49. The van der Waals surface area contributed by atoms with Crippen molar-refractivity contribution in [1.82, 2.24) is 9.47 Å². The third-order valence-corrected chi connectivity index (χ3v) is 5.03. The van der Waals surface area contributed by atoms with Gasteiger partial charge in [-0.15, -0.1) is 0 Å². The Labute approximate surface area is 157 Å². The number of halogens is 1. The third kappa shape index (κ3) is 3.84. The number of carbonyl (C=O) groups excluding carboxylic acids is 1. The zero-order valence-corrected chi connectivity index (χ0v) is 16.5. The van der Waals surface area contributed by atoms with Gasteiger partial charge >= 0.3 is 0 Å². The van der Waals surface area contributed by atoms with E-state index in [4.69, 9.17) is 4.74 Å². The Hall–Kier alpha value is -1.95. The number of benzene rings is 1. The smallest absolute Gasteiger partial charge is 0.270 e. The van der Waals surface area contributed by atoms with Gasteiger partial charge in [0.05, 0.1) is 7.11 Å². The third-order valence-electron chi connectivity index (χ3n) is 4.60. The SMILES string of the molecule is COc1ccc(N2CCN(C(=O)c3cc(Br)cn3C(C)C)CC2)cc1. The van der Waals surface area contributed by atoms with E-state index in [1.165, 1.54) is 5.69 Å². The van der Waals surface area contributed by atoms with E-state index in [0.717, 1.165) is 42.1 Å². The lowest BCUT2D eigenvalue weighted by molar-refractivity contribution is 0.0734. The van der Waals surface area contributed by atoms with E-state index in [-0.39, 0.29) is 11.9 Å². The number of methoxy groups -OCH3 is 1. The molecule has 0 aliphatic carbocycles. The maximum absolute atomic E-state index is 12.9. The van der Waals surface area contributed by atoms with Crippen LogP contribution in [0.1, 0.15) is 30.4 Å². The van der Waals surface area contributed by atoms with Gasteiger partial charge in [0.1, 0.15) is 11.4 Å².